The maximum absolute atomic E-state index is 12.1. The molecule has 0 spiro atoms. The van der Waals surface area contributed by atoms with Gasteiger partial charge in [0.15, 0.2) is 0 Å². The average Bonchev–Trinajstić information content (AvgIpc) is 2.59. The number of pyridine rings is 1. The molecule has 2 N–H and O–H groups in total. The summed E-state index contributed by atoms with van der Waals surface area (Å²) in [6.45, 7) is 0. The molecular weight excluding hydrogens is 302 g/mol. The molecule has 0 radical (unpaired) electrons. The second-order valence-corrected chi connectivity index (χ2v) is 5.03. The van der Waals surface area contributed by atoms with E-state index in [1.165, 1.54) is 18.9 Å². The lowest BCUT2D eigenvalue weighted by Crippen LogP contribution is -2.30. The molecule has 0 atom stereocenters. The van der Waals surface area contributed by atoms with Crippen LogP contribution in [0.5, 0.6) is 0 Å². The van der Waals surface area contributed by atoms with Gasteiger partial charge in [0.05, 0.1) is 23.4 Å². The molecule has 0 aliphatic heterocycles. The summed E-state index contributed by atoms with van der Waals surface area (Å²) in [7, 11) is 1.30. The van der Waals surface area contributed by atoms with Gasteiger partial charge >= 0.3 is 5.97 Å². The number of methoxy groups -OCH3 is 1. The van der Waals surface area contributed by atoms with E-state index in [0.29, 0.717) is 16.8 Å². The van der Waals surface area contributed by atoms with Gasteiger partial charge in [-0.25, -0.2) is 9.78 Å². The molecule has 0 aliphatic carbocycles. The Morgan fingerprint density at radius 1 is 1.23 bits per heavy atom. The Bertz CT molecular complexity index is 691. The fraction of sp³-hybridized carbons (Fsp3) is 0.133. The largest absolute Gasteiger partial charge is 0.465 e. The van der Waals surface area contributed by atoms with Crippen LogP contribution in [-0.4, -0.2) is 30.2 Å². The van der Waals surface area contributed by atoms with Gasteiger partial charge in [-0.05, 0) is 30.5 Å². The number of benzene rings is 1. The first-order chi connectivity index (χ1) is 10.7. The number of carbonyl (C=O) groups excluding carboxylic acids is 2. The van der Waals surface area contributed by atoms with Gasteiger partial charge in [-0.3, -0.25) is 15.6 Å². The van der Waals surface area contributed by atoms with Gasteiger partial charge < -0.3 is 4.74 Å². The van der Waals surface area contributed by atoms with Crippen molar-refractivity contribution in [1.82, 2.24) is 10.4 Å². The Labute approximate surface area is 132 Å². The van der Waals surface area contributed by atoms with Crippen LogP contribution < -0.4 is 10.9 Å². The molecule has 1 amide bonds. The maximum Gasteiger partial charge on any atom is 0.340 e. The van der Waals surface area contributed by atoms with Crippen LogP contribution >= 0.6 is 11.8 Å². The Morgan fingerprint density at radius 2 is 2.00 bits per heavy atom. The van der Waals surface area contributed by atoms with Crippen LogP contribution in [0, 0.1) is 0 Å². The number of anilines is 1. The highest BCUT2D eigenvalue weighted by atomic mass is 32.2. The standard InChI is InChI=1S/C15H15N3O3S/c1-21-15(20)11-5-3-4-6-12(11)17-18-14(19)10-7-8-16-13(9-10)22-2/h3-9,17H,1-2H3,(H,18,19). The second-order valence-electron chi connectivity index (χ2n) is 4.20. The lowest BCUT2D eigenvalue weighted by molar-refractivity contribution is 0.0601. The van der Waals surface area contributed by atoms with Crippen LogP contribution in [0.3, 0.4) is 0 Å². The molecule has 0 saturated heterocycles. The molecule has 1 heterocycles. The summed E-state index contributed by atoms with van der Waals surface area (Å²) >= 11 is 1.45. The average molecular weight is 317 g/mol. The molecule has 0 fully saturated rings. The summed E-state index contributed by atoms with van der Waals surface area (Å²) in [6, 6.07) is 10.0. The Hall–Kier alpha value is -2.54. The van der Waals surface area contributed by atoms with Gasteiger partial charge in [0.25, 0.3) is 5.91 Å². The van der Waals surface area contributed by atoms with Crippen molar-refractivity contribution in [2.24, 2.45) is 0 Å². The fourth-order valence-electron chi connectivity index (χ4n) is 1.74. The number of para-hydroxylation sites is 1. The Morgan fingerprint density at radius 3 is 2.73 bits per heavy atom. The third kappa shape index (κ3) is 3.76. The number of nitrogens with zero attached hydrogens (tertiary/aromatic N) is 1. The molecule has 2 rings (SSSR count). The molecule has 6 nitrogen and oxygen atoms in total. The zero-order chi connectivity index (χ0) is 15.9. The van der Waals surface area contributed by atoms with Crippen molar-refractivity contribution < 1.29 is 14.3 Å². The number of nitrogens with one attached hydrogen (secondary N) is 2. The van der Waals surface area contributed by atoms with E-state index in [9.17, 15) is 9.59 Å². The maximum atomic E-state index is 12.1. The zero-order valence-corrected chi connectivity index (χ0v) is 12.9. The van der Waals surface area contributed by atoms with E-state index in [4.69, 9.17) is 4.74 Å². The van der Waals surface area contributed by atoms with Gasteiger partial charge in [0.2, 0.25) is 0 Å². The molecule has 0 unspecified atom stereocenters. The molecule has 22 heavy (non-hydrogen) atoms. The highest BCUT2D eigenvalue weighted by Gasteiger charge is 2.12. The third-order valence-electron chi connectivity index (χ3n) is 2.85. The minimum atomic E-state index is -0.481. The van der Waals surface area contributed by atoms with Crippen molar-refractivity contribution >= 4 is 29.3 Å². The highest BCUT2D eigenvalue weighted by molar-refractivity contribution is 7.98. The van der Waals surface area contributed by atoms with Crippen molar-refractivity contribution in [3.05, 3.63) is 53.7 Å². The van der Waals surface area contributed by atoms with Gasteiger partial charge in [-0.1, -0.05) is 12.1 Å². The lowest BCUT2D eigenvalue weighted by atomic mass is 10.2. The first kappa shape index (κ1) is 15.8. The number of hydrogen-bond donors (Lipinski definition) is 2. The second kappa shape index (κ2) is 7.46. The number of thioether (sulfide) groups is 1. The van der Waals surface area contributed by atoms with Gasteiger partial charge in [-0.2, -0.15) is 0 Å². The van der Waals surface area contributed by atoms with E-state index in [0.717, 1.165) is 5.03 Å². The quantitative estimate of drug-likeness (QED) is 0.500. The molecule has 2 aromatic rings. The minimum Gasteiger partial charge on any atom is -0.465 e. The summed E-state index contributed by atoms with van der Waals surface area (Å²) in [4.78, 5) is 27.9. The van der Waals surface area contributed by atoms with Crippen molar-refractivity contribution in [3.63, 3.8) is 0 Å². The SMILES string of the molecule is COC(=O)c1ccccc1NNC(=O)c1ccnc(SC)c1. The van der Waals surface area contributed by atoms with Crippen LogP contribution in [0.2, 0.25) is 0 Å². The van der Waals surface area contributed by atoms with Crippen LogP contribution in [0.15, 0.2) is 47.6 Å². The van der Waals surface area contributed by atoms with E-state index in [2.05, 4.69) is 15.8 Å². The number of rotatable bonds is 5. The van der Waals surface area contributed by atoms with Crippen LogP contribution in [0.1, 0.15) is 20.7 Å². The Balaban J connectivity index is 2.10. The van der Waals surface area contributed by atoms with Gasteiger partial charge in [0, 0.05) is 11.8 Å². The molecule has 1 aromatic heterocycles. The van der Waals surface area contributed by atoms with E-state index in [1.807, 2.05) is 6.26 Å². The number of amides is 1. The first-order valence-electron chi connectivity index (χ1n) is 6.39. The number of hydrazine groups is 1. The highest BCUT2D eigenvalue weighted by Crippen LogP contribution is 2.16. The number of aromatic nitrogens is 1. The molecule has 0 aliphatic rings. The summed E-state index contributed by atoms with van der Waals surface area (Å²) in [6.07, 6.45) is 3.46. The van der Waals surface area contributed by atoms with Gasteiger partial charge in [0.1, 0.15) is 0 Å². The fourth-order valence-corrected chi connectivity index (χ4v) is 2.15. The predicted octanol–water partition coefficient (Wildman–Crippen LogP) is 2.35. The van der Waals surface area contributed by atoms with Crippen LogP contribution in [0.4, 0.5) is 5.69 Å². The number of carbonyl (C=O) groups is 2. The van der Waals surface area contributed by atoms with Crippen molar-refractivity contribution in [1.29, 1.82) is 0 Å². The Kier molecular flexibility index (Phi) is 5.37. The molecule has 7 heteroatoms. The van der Waals surface area contributed by atoms with Crippen molar-refractivity contribution in [2.75, 3.05) is 18.8 Å². The minimum absolute atomic E-state index is 0.322. The van der Waals surface area contributed by atoms with Crippen LogP contribution in [-0.2, 0) is 4.74 Å². The summed E-state index contributed by atoms with van der Waals surface area (Å²) in [5.41, 5.74) is 6.56. The topological polar surface area (TPSA) is 80.3 Å². The summed E-state index contributed by atoms with van der Waals surface area (Å²) < 4.78 is 4.70. The number of hydrogen-bond acceptors (Lipinski definition) is 6. The molecule has 1 aromatic carbocycles. The predicted molar refractivity (Wildman–Crippen MR) is 84.9 cm³/mol. The van der Waals surface area contributed by atoms with E-state index >= 15 is 0 Å². The summed E-state index contributed by atoms with van der Waals surface area (Å²) in [5.74, 6) is -0.803. The smallest absolute Gasteiger partial charge is 0.340 e. The number of esters is 1. The number of ether oxygens (including phenoxy) is 1. The molecule has 0 bridgehead atoms. The van der Waals surface area contributed by atoms with E-state index in [-0.39, 0.29) is 5.91 Å². The van der Waals surface area contributed by atoms with Crippen molar-refractivity contribution in [3.8, 4) is 0 Å². The van der Waals surface area contributed by atoms with Gasteiger partial charge in [-0.15, -0.1) is 11.8 Å². The monoisotopic (exact) mass is 317 g/mol. The molecular formula is C15H15N3O3S. The molecule has 114 valence electrons. The first-order valence-corrected chi connectivity index (χ1v) is 7.62. The molecule has 0 saturated carbocycles. The lowest BCUT2D eigenvalue weighted by Gasteiger charge is -2.12. The summed E-state index contributed by atoms with van der Waals surface area (Å²) in [5, 5.41) is 0.752. The zero-order valence-electron chi connectivity index (χ0n) is 12.1. The van der Waals surface area contributed by atoms with E-state index in [1.54, 1.807) is 42.6 Å². The van der Waals surface area contributed by atoms with Crippen molar-refractivity contribution in [2.45, 2.75) is 5.03 Å². The van der Waals surface area contributed by atoms with Crippen LogP contribution in [0.25, 0.3) is 0 Å². The van der Waals surface area contributed by atoms with E-state index < -0.39 is 5.97 Å². The normalized spacial score (nSPS) is 9.91. The third-order valence-corrected chi connectivity index (χ3v) is 3.49.